The molecule has 3 heterocycles. The van der Waals surface area contributed by atoms with Gasteiger partial charge in [0, 0.05) is 37.8 Å². The van der Waals surface area contributed by atoms with Crippen LogP contribution in [-0.4, -0.2) is 73.9 Å². The topological polar surface area (TPSA) is 86.5 Å². The third-order valence-corrected chi connectivity index (χ3v) is 11.1. The summed E-state index contributed by atoms with van der Waals surface area (Å²) in [7, 11) is 6.80. The maximum atomic E-state index is 11.4. The first-order valence-electron chi connectivity index (χ1n) is 15.3. The molecule has 3 aliphatic rings. The van der Waals surface area contributed by atoms with E-state index >= 15 is 0 Å². The first-order valence-corrected chi connectivity index (χ1v) is 16.7. The number of benzene rings is 2. The van der Waals surface area contributed by atoms with Gasteiger partial charge in [0.15, 0.2) is 23.0 Å². The second-order valence-electron chi connectivity index (χ2n) is 11.8. The van der Waals surface area contributed by atoms with E-state index in [4.69, 9.17) is 36.9 Å². The van der Waals surface area contributed by atoms with Crippen LogP contribution in [0.2, 0.25) is 0 Å². The van der Waals surface area contributed by atoms with Crippen molar-refractivity contribution in [1.29, 1.82) is 0 Å². The fourth-order valence-corrected chi connectivity index (χ4v) is 8.70. The molecule has 3 aliphatic heterocycles. The number of hydrogen-bond acceptors (Lipinski definition) is 8. The van der Waals surface area contributed by atoms with Crippen molar-refractivity contribution in [3.05, 3.63) is 46.5 Å². The van der Waals surface area contributed by atoms with E-state index in [9.17, 15) is 4.79 Å². The first-order chi connectivity index (χ1) is 20.8. The molecule has 43 heavy (non-hydrogen) atoms. The lowest BCUT2D eigenvalue weighted by Crippen LogP contribution is -2.47. The van der Waals surface area contributed by atoms with Gasteiger partial charge in [0.1, 0.15) is 4.32 Å². The van der Waals surface area contributed by atoms with E-state index in [1.54, 1.807) is 40.2 Å². The smallest absolute Gasteiger partial charge is 0.218 e. The fraction of sp³-hybridized carbons (Fsp3) is 0.576. The van der Waals surface area contributed by atoms with Crippen LogP contribution in [0.15, 0.2) is 24.3 Å². The van der Waals surface area contributed by atoms with Crippen LogP contribution in [-0.2, 0) is 17.6 Å². The number of ether oxygens (including phenoxy) is 4. The SMILES string of the molecule is CC[C@H]1CN2CCc3cc(OC)c(OC)cc3[C@@H]2C[C@@H]1C[C@@H]1c2cc(OC)c(OC)cc2CCN1C(=S)SCCC(N)=O. The highest BCUT2D eigenvalue weighted by molar-refractivity contribution is 8.22. The number of thioether (sulfide) groups is 1. The number of nitrogens with two attached hydrogens (primary N) is 1. The van der Waals surface area contributed by atoms with Gasteiger partial charge in [0.2, 0.25) is 5.91 Å². The zero-order valence-electron chi connectivity index (χ0n) is 26.0. The molecule has 2 aromatic carbocycles. The van der Waals surface area contributed by atoms with Crippen molar-refractivity contribution < 1.29 is 23.7 Å². The largest absolute Gasteiger partial charge is 0.493 e. The standard InChI is InChI=1S/C33H45N3O5S2/c1-6-20-19-35-10-7-21-15-28(38-2)30(40-4)17-24(21)26(35)13-23(20)14-27-25-18-31(41-5)29(39-3)16-22(25)8-11-36(27)33(42)43-12-9-32(34)37/h15-18,20,23,26-27H,6-14,19H2,1-5H3,(H2,34,37)/t20-,23+,26-,27+/m0/s1. The molecule has 1 fully saturated rings. The molecular weight excluding hydrogens is 583 g/mol. The summed E-state index contributed by atoms with van der Waals surface area (Å²) in [6.45, 7) is 5.30. The molecule has 0 bridgehead atoms. The molecule has 0 unspecified atom stereocenters. The van der Waals surface area contributed by atoms with Gasteiger partial charge in [-0.3, -0.25) is 9.69 Å². The van der Waals surface area contributed by atoms with Crippen LogP contribution < -0.4 is 24.7 Å². The Hall–Kier alpha value is -2.69. The Morgan fingerprint density at radius 1 is 0.907 bits per heavy atom. The van der Waals surface area contributed by atoms with Gasteiger partial charge in [-0.2, -0.15) is 0 Å². The summed E-state index contributed by atoms with van der Waals surface area (Å²) in [5.41, 5.74) is 10.7. The molecule has 5 rings (SSSR count). The Balaban J connectivity index is 1.48. The Labute approximate surface area is 265 Å². The van der Waals surface area contributed by atoms with Gasteiger partial charge in [0.05, 0.1) is 34.5 Å². The molecule has 0 aliphatic carbocycles. The van der Waals surface area contributed by atoms with Gasteiger partial charge in [-0.1, -0.05) is 37.3 Å². The van der Waals surface area contributed by atoms with Crippen molar-refractivity contribution in [2.75, 3.05) is 53.8 Å². The number of carbonyl (C=O) groups is 1. The molecular formula is C33H45N3O5S2. The van der Waals surface area contributed by atoms with Crippen molar-refractivity contribution in [3.63, 3.8) is 0 Å². The van der Waals surface area contributed by atoms with Crippen molar-refractivity contribution >= 4 is 34.2 Å². The highest BCUT2D eigenvalue weighted by atomic mass is 32.2. The summed E-state index contributed by atoms with van der Waals surface area (Å²) in [6.07, 6.45) is 5.41. The van der Waals surface area contributed by atoms with E-state index in [1.807, 2.05) is 0 Å². The van der Waals surface area contributed by atoms with Gasteiger partial charge in [-0.25, -0.2) is 0 Å². The van der Waals surface area contributed by atoms with Crippen LogP contribution in [0.25, 0.3) is 0 Å². The number of rotatable bonds is 10. The van der Waals surface area contributed by atoms with Crippen LogP contribution in [0.1, 0.15) is 66.9 Å². The normalized spacial score (nSPS) is 23.0. The molecule has 1 saturated heterocycles. The molecule has 10 heteroatoms. The van der Waals surface area contributed by atoms with E-state index in [0.717, 1.165) is 79.1 Å². The Kier molecular flexibility index (Phi) is 10.3. The van der Waals surface area contributed by atoms with Crippen LogP contribution >= 0.6 is 24.0 Å². The second kappa shape index (κ2) is 13.9. The summed E-state index contributed by atoms with van der Waals surface area (Å²) in [4.78, 5) is 16.5. The number of methoxy groups -OCH3 is 4. The summed E-state index contributed by atoms with van der Waals surface area (Å²) in [5.74, 6) is 4.47. The number of nitrogens with zero attached hydrogens (tertiary/aromatic N) is 2. The van der Waals surface area contributed by atoms with E-state index in [-0.39, 0.29) is 11.9 Å². The predicted octanol–water partition coefficient (Wildman–Crippen LogP) is 5.55. The maximum Gasteiger partial charge on any atom is 0.218 e. The first kappa shape index (κ1) is 31.7. The number of amides is 1. The number of thiocarbonyl (C=S) groups is 1. The predicted molar refractivity (Wildman–Crippen MR) is 176 cm³/mol. The van der Waals surface area contributed by atoms with Gasteiger partial charge in [0.25, 0.3) is 0 Å². The number of piperidine rings is 1. The molecule has 0 spiro atoms. The molecule has 0 aromatic heterocycles. The van der Waals surface area contributed by atoms with Gasteiger partial charge in [-0.05, 0) is 84.0 Å². The highest BCUT2D eigenvalue weighted by Crippen LogP contribution is 2.49. The van der Waals surface area contributed by atoms with E-state index in [1.165, 1.54) is 22.3 Å². The summed E-state index contributed by atoms with van der Waals surface area (Å²) >= 11 is 7.57. The molecule has 8 nitrogen and oxygen atoms in total. The summed E-state index contributed by atoms with van der Waals surface area (Å²) < 4.78 is 23.6. The lowest BCUT2D eigenvalue weighted by Gasteiger charge is -2.49. The number of fused-ring (bicyclic) bond motifs is 4. The third-order valence-electron chi connectivity index (χ3n) is 9.64. The quantitative estimate of drug-likeness (QED) is 0.341. The highest BCUT2D eigenvalue weighted by Gasteiger charge is 2.41. The Morgan fingerprint density at radius 3 is 2.09 bits per heavy atom. The van der Waals surface area contributed by atoms with Crippen molar-refractivity contribution in [3.8, 4) is 23.0 Å². The average Bonchev–Trinajstić information content (AvgIpc) is 3.02. The number of carbonyl (C=O) groups excluding carboxylic acids is 1. The Morgan fingerprint density at radius 2 is 1.49 bits per heavy atom. The van der Waals surface area contributed by atoms with E-state index in [0.29, 0.717) is 30.1 Å². The second-order valence-corrected chi connectivity index (χ2v) is 13.5. The minimum absolute atomic E-state index is 0.108. The lowest BCUT2D eigenvalue weighted by atomic mass is 9.72. The van der Waals surface area contributed by atoms with Crippen molar-refractivity contribution in [2.24, 2.45) is 17.6 Å². The molecule has 0 radical (unpaired) electrons. The molecule has 4 atom stereocenters. The van der Waals surface area contributed by atoms with Crippen LogP contribution in [0.5, 0.6) is 23.0 Å². The molecule has 2 aromatic rings. The molecule has 0 saturated carbocycles. The monoisotopic (exact) mass is 627 g/mol. The minimum Gasteiger partial charge on any atom is -0.493 e. The number of primary amides is 1. The lowest BCUT2D eigenvalue weighted by molar-refractivity contribution is -0.117. The minimum atomic E-state index is -0.299. The van der Waals surface area contributed by atoms with Crippen LogP contribution in [0, 0.1) is 11.8 Å². The van der Waals surface area contributed by atoms with Crippen LogP contribution in [0.4, 0.5) is 0 Å². The zero-order valence-corrected chi connectivity index (χ0v) is 27.7. The molecule has 2 N–H and O–H groups in total. The molecule has 1 amide bonds. The summed E-state index contributed by atoms with van der Waals surface area (Å²) in [5, 5.41) is 0. The van der Waals surface area contributed by atoms with Gasteiger partial charge in [-0.15, -0.1) is 0 Å². The summed E-state index contributed by atoms with van der Waals surface area (Å²) in [6, 6.07) is 9.13. The van der Waals surface area contributed by atoms with E-state index in [2.05, 4.69) is 41.0 Å². The maximum absolute atomic E-state index is 11.4. The Bertz CT molecular complexity index is 1340. The van der Waals surface area contributed by atoms with Gasteiger partial charge >= 0.3 is 0 Å². The fourth-order valence-electron chi connectivity index (χ4n) is 7.36. The zero-order chi connectivity index (χ0) is 30.7. The van der Waals surface area contributed by atoms with Crippen LogP contribution in [0.3, 0.4) is 0 Å². The third kappa shape index (κ3) is 6.56. The van der Waals surface area contributed by atoms with Gasteiger partial charge < -0.3 is 29.6 Å². The average molecular weight is 628 g/mol. The van der Waals surface area contributed by atoms with E-state index < -0.39 is 0 Å². The van der Waals surface area contributed by atoms with Crippen molar-refractivity contribution in [2.45, 2.75) is 57.5 Å². The number of hydrogen-bond donors (Lipinski definition) is 1. The molecule has 234 valence electrons. The van der Waals surface area contributed by atoms with Crippen molar-refractivity contribution in [1.82, 2.24) is 9.80 Å².